The van der Waals surface area contributed by atoms with Crippen LogP contribution in [0, 0.1) is 11.8 Å². The molecule has 0 bridgehead atoms. The summed E-state index contributed by atoms with van der Waals surface area (Å²) in [6.45, 7) is 7.24. The second-order valence-electron chi connectivity index (χ2n) is 7.74. The molecule has 0 N–H and O–H groups in total. The number of unbranched alkanes of at least 4 members (excludes halogenated alkanes) is 1. The van der Waals surface area contributed by atoms with Gasteiger partial charge in [-0.15, -0.1) is 11.8 Å². The van der Waals surface area contributed by atoms with Gasteiger partial charge in [-0.25, -0.2) is 0 Å². The van der Waals surface area contributed by atoms with Crippen molar-refractivity contribution in [3.63, 3.8) is 0 Å². The maximum absolute atomic E-state index is 2.51. The monoisotopic (exact) mass is 336 g/mol. The summed E-state index contributed by atoms with van der Waals surface area (Å²) in [6, 6.07) is 18.6. The molecule has 126 valence electrons. The van der Waals surface area contributed by atoms with Crippen molar-refractivity contribution in [1.82, 2.24) is 0 Å². The van der Waals surface area contributed by atoms with E-state index in [2.05, 4.69) is 81.1 Å². The molecule has 2 aromatic rings. The summed E-state index contributed by atoms with van der Waals surface area (Å²) >= 11 is 2.14. The van der Waals surface area contributed by atoms with Gasteiger partial charge in [-0.05, 0) is 53.4 Å². The van der Waals surface area contributed by atoms with Crippen molar-refractivity contribution in [2.24, 2.45) is 11.8 Å². The largest absolute Gasteiger partial charge is 0.121 e. The molecular weight excluding hydrogens is 308 g/mol. The van der Waals surface area contributed by atoms with E-state index in [4.69, 9.17) is 0 Å². The lowest BCUT2D eigenvalue weighted by atomic mass is 9.85. The number of fused-ring (bicyclic) bond motifs is 3. The molecule has 1 aliphatic carbocycles. The van der Waals surface area contributed by atoms with Crippen molar-refractivity contribution in [1.29, 1.82) is 0 Å². The zero-order valence-electron chi connectivity index (χ0n) is 15.0. The first-order chi connectivity index (χ1) is 11.7. The second-order valence-corrected chi connectivity index (χ2v) is 8.96. The number of hydrogen-bond donors (Lipinski definition) is 0. The molecule has 5 atom stereocenters. The number of aryl methyl sites for hydroxylation is 1. The Morgan fingerprint density at radius 3 is 2.54 bits per heavy atom. The van der Waals surface area contributed by atoms with Crippen LogP contribution in [-0.2, 0) is 6.42 Å². The Bertz CT molecular complexity index is 719. The molecule has 0 aromatic heterocycles. The van der Waals surface area contributed by atoms with Gasteiger partial charge in [0, 0.05) is 16.1 Å². The molecule has 1 heteroatoms. The summed E-state index contributed by atoms with van der Waals surface area (Å²) in [5.74, 6) is 2.92. The topological polar surface area (TPSA) is 0 Å². The standard InChI is InChI=1S/C23H28S/c1-4-5-9-17-10-8-11-18(14-17)21-15(2)16(3)22-19-12-6-7-13-20(19)24-23(21)22/h6-8,10-16,21-23H,4-5,9H2,1-3H3/t15?,16-,21-,22?,23?/m0/s1. The van der Waals surface area contributed by atoms with Gasteiger partial charge in [0.15, 0.2) is 0 Å². The molecule has 1 fully saturated rings. The summed E-state index contributed by atoms with van der Waals surface area (Å²) in [7, 11) is 0. The lowest BCUT2D eigenvalue weighted by Gasteiger charge is -2.23. The number of rotatable bonds is 4. The van der Waals surface area contributed by atoms with Crippen molar-refractivity contribution >= 4 is 11.8 Å². The van der Waals surface area contributed by atoms with Crippen LogP contribution in [0.4, 0.5) is 0 Å². The van der Waals surface area contributed by atoms with E-state index >= 15 is 0 Å². The van der Waals surface area contributed by atoms with Gasteiger partial charge in [0.2, 0.25) is 0 Å². The van der Waals surface area contributed by atoms with Crippen LogP contribution in [0.25, 0.3) is 0 Å². The van der Waals surface area contributed by atoms with Crippen molar-refractivity contribution in [2.45, 2.75) is 62.0 Å². The molecule has 4 rings (SSSR count). The zero-order valence-corrected chi connectivity index (χ0v) is 15.9. The van der Waals surface area contributed by atoms with Crippen LogP contribution >= 0.6 is 11.8 Å². The van der Waals surface area contributed by atoms with Gasteiger partial charge in [0.25, 0.3) is 0 Å². The van der Waals surface area contributed by atoms with E-state index in [1.54, 1.807) is 11.1 Å². The highest BCUT2D eigenvalue weighted by atomic mass is 32.2. The van der Waals surface area contributed by atoms with E-state index in [1.807, 2.05) is 0 Å². The Kier molecular flexibility index (Phi) is 4.47. The first-order valence-corrected chi connectivity index (χ1v) is 10.4. The minimum absolute atomic E-state index is 0.684. The van der Waals surface area contributed by atoms with Gasteiger partial charge in [-0.2, -0.15) is 0 Å². The van der Waals surface area contributed by atoms with Gasteiger partial charge in [0.1, 0.15) is 0 Å². The molecule has 0 radical (unpaired) electrons. The van der Waals surface area contributed by atoms with Crippen LogP contribution in [0.3, 0.4) is 0 Å². The molecule has 1 saturated carbocycles. The van der Waals surface area contributed by atoms with Gasteiger partial charge < -0.3 is 0 Å². The number of benzene rings is 2. The first kappa shape index (κ1) is 16.3. The maximum Gasteiger partial charge on any atom is 0.0238 e. The van der Waals surface area contributed by atoms with Crippen molar-refractivity contribution in [3.8, 4) is 0 Å². The Hall–Kier alpha value is -1.21. The Balaban J connectivity index is 1.67. The zero-order chi connectivity index (χ0) is 16.7. The molecule has 1 heterocycles. The van der Waals surface area contributed by atoms with Crippen LogP contribution in [-0.4, -0.2) is 5.25 Å². The van der Waals surface area contributed by atoms with E-state index < -0.39 is 0 Å². The summed E-state index contributed by atoms with van der Waals surface area (Å²) in [5, 5.41) is 0.717. The summed E-state index contributed by atoms with van der Waals surface area (Å²) in [5.41, 5.74) is 4.71. The maximum atomic E-state index is 2.51. The van der Waals surface area contributed by atoms with E-state index in [0.29, 0.717) is 11.2 Å². The first-order valence-electron chi connectivity index (χ1n) is 9.55. The molecule has 2 aliphatic rings. The molecule has 3 unspecified atom stereocenters. The summed E-state index contributed by atoms with van der Waals surface area (Å²) in [6.07, 6.45) is 3.80. The lowest BCUT2D eigenvalue weighted by molar-refractivity contribution is 0.400. The molecule has 24 heavy (non-hydrogen) atoms. The average molecular weight is 337 g/mol. The highest BCUT2D eigenvalue weighted by molar-refractivity contribution is 8.00. The van der Waals surface area contributed by atoms with Crippen molar-refractivity contribution < 1.29 is 0 Å². The smallest absolute Gasteiger partial charge is 0.0238 e. The van der Waals surface area contributed by atoms with Gasteiger partial charge in [0.05, 0.1) is 0 Å². The normalized spacial score (nSPS) is 31.0. The molecular formula is C23H28S. The van der Waals surface area contributed by atoms with Crippen LogP contribution in [0.5, 0.6) is 0 Å². The van der Waals surface area contributed by atoms with Gasteiger partial charge in [-0.3, -0.25) is 0 Å². The SMILES string of the molecule is CCCCc1cccc([C@H]2C3Sc4ccccc4C3[C@@H](C)C2C)c1. The van der Waals surface area contributed by atoms with Crippen molar-refractivity contribution in [3.05, 3.63) is 65.2 Å². The summed E-state index contributed by atoms with van der Waals surface area (Å²) in [4.78, 5) is 1.53. The Morgan fingerprint density at radius 2 is 1.71 bits per heavy atom. The molecule has 2 aromatic carbocycles. The van der Waals surface area contributed by atoms with Crippen LogP contribution in [0.1, 0.15) is 62.1 Å². The average Bonchev–Trinajstić information content (AvgIpc) is 3.09. The van der Waals surface area contributed by atoms with E-state index in [9.17, 15) is 0 Å². The van der Waals surface area contributed by atoms with Crippen LogP contribution in [0.15, 0.2) is 53.4 Å². The second kappa shape index (κ2) is 6.59. The molecule has 0 saturated heterocycles. The fourth-order valence-electron chi connectivity index (χ4n) is 4.92. The van der Waals surface area contributed by atoms with Crippen LogP contribution in [0.2, 0.25) is 0 Å². The number of thioether (sulfide) groups is 1. The third-order valence-electron chi connectivity index (χ3n) is 6.37. The van der Waals surface area contributed by atoms with E-state index in [1.165, 1.54) is 29.7 Å². The summed E-state index contributed by atoms with van der Waals surface area (Å²) < 4.78 is 0. The third kappa shape index (κ3) is 2.62. The predicted octanol–water partition coefficient (Wildman–Crippen LogP) is 6.66. The predicted molar refractivity (Wildman–Crippen MR) is 105 cm³/mol. The Morgan fingerprint density at radius 1 is 0.917 bits per heavy atom. The third-order valence-corrected chi connectivity index (χ3v) is 7.85. The minimum atomic E-state index is 0.684. The molecule has 0 amide bonds. The highest BCUT2D eigenvalue weighted by Gasteiger charge is 2.51. The minimum Gasteiger partial charge on any atom is -0.121 e. The van der Waals surface area contributed by atoms with Gasteiger partial charge in [-0.1, -0.05) is 69.7 Å². The highest BCUT2D eigenvalue weighted by Crippen LogP contribution is 2.62. The fourth-order valence-corrected chi connectivity index (χ4v) is 6.81. The lowest BCUT2D eigenvalue weighted by Crippen LogP contribution is -2.14. The van der Waals surface area contributed by atoms with Crippen LogP contribution < -0.4 is 0 Å². The van der Waals surface area contributed by atoms with Crippen molar-refractivity contribution in [2.75, 3.05) is 0 Å². The fraction of sp³-hybridized carbons (Fsp3) is 0.478. The Labute approximate surface area is 151 Å². The molecule has 0 spiro atoms. The quantitative estimate of drug-likeness (QED) is 0.602. The molecule has 1 aliphatic heterocycles. The molecule has 0 nitrogen and oxygen atoms in total. The van der Waals surface area contributed by atoms with Gasteiger partial charge >= 0.3 is 0 Å². The number of hydrogen-bond acceptors (Lipinski definition) is 1. The van der Waals surface area contributed by atoms with E-state index in [0.717, 1.165) is 17.8 Å². The van der Waals surface area contributed by atoms with E-state index in [-0.39, 0.29) is 0 Å².